The fourth-order valence-corrected chi connectivity index (χ4v) is 2.90. The second kappa shape index (κ2) is 5.71. The number of carbonyl (C=O) groups is 1. The van der Waals surface area contributed by atoms with Crippen molar-refractivity contribution in [3.05, 3.63) is 15.8 Å². The summed E-state index contributed by atoms with van der Waals surface area (Å²) in [5.74, 6) is -0.00773. The van der Waals surface area contributed by atoms with Crippen molar-refractivity contribution in [2.75, 3.05) is 25.4 Å². The maximum atomic E-state index is 11.9. The lowest BCUT2D eigenvalue weighted by atomic mass is 10.3. The van der Waals surface area contributed by atoms with Crippen molar-refractivity contribution in [2.24, 2.45) is 0 Å². The minimum Gasteiger partial charge on any atom is -0.398 e. The Morgan fingerprint density at radius 1 is 1.61 bits per heavy atom. The van der Waals surface area contributed by atoms with Crippen molar-refractivity contribution in [2.45, 2.75) is 32.7 Å². The predicted molar refractivity (Wildman–Crippen MR) is 76.1 cm³/mol. The SMILES string of the molecule is CCN(CCNC(=O)c1cc(N)c(C)s1)C1CC1. The Bertz CT molecular complexity index is 406. The maximum absolute atomic E-state index is 11.9. The topological polar surface area (TPSA) is 58.4 Å². The lowest BCUT2D eigenvalue weighted by Crippen LogP contribution is -2.35. The molecule has 3 N–H and O–H groups in total. The number of anilines is 1. The van der Waals surface area contributed by atoms with E-state index in [0.29, 0.717) is 17.1 Å². The molecule has 0 unspecified atom stereocenters. The molecule has 1 aromatic rings. The molecule has 0 spiro atoms. The van der Waals surface area contributed by atoms with Gasteiger partial charge in [-0.2, -0.15) is 0 Å². The largest absolute Gasteiger partial charge is 0.398 e. The molecule has 1 heterocycles. The number of thiophene rings is 1. The molecule has 0 atom stereocenters. The molecular weight excluding hydrogens is 246 g/mol. The van der Waals surface area contributed by atoms with Gasteiger partial charge in [0.1, 0.15) is 0 Å². The van der Waals surface area contributed by atoms with Crippen LogP contribution >= 0.6 is 11.3 Å². The summed E-state index contributed by atoms with van der Waals surface area (Å²) in [4.78, 5) is 16.0. The van der Waals surface area contributed by atoms with Gasteiger partial charge in [0.25, 0.3) is 5.91 Å². The van der Waals surface area contributed by atoms with Crippen LogP contribution in [0, 0.1) is 6.92 Å². The lowest BCUT2D eigenvalue weighted by Gasteiger charge is -2.19. The first-order valence-electron chi connectivity index (χ1n) is 6.50. The Kier molecular flexibility index (Phi) is 4.24. The summed E-state index contributed by atoms with van der Waals surface area (Å²) in [6.07, 6.45) is 2.62. The summed E-state index contributed by atoms with van der Waals surface area (Å²) >= 11 is 1.46. The predicted octanol–water partition coefficient (Wildman–Crippen LogP) is 1.85. The molecular formula is C13H21N3OS. The zero-order chi connectivity index (χ0) is 13.1. The number of nitrogen functional groups attached to an aromatic ring is 1. The highest BCUT2D eigenvalue weighted by molar-refractivity contribution is 7.14. The number of carbonyl (C=O) groups excluding carboxylic acids is 1. The summed E-state index contributed by atoms with van der Waals surface area (Å²) in [5.41, 5.74) is 6.45. The van der Waals surface area contributed by atoms with Crippen LogP contribution in [0.3, 0.4) is 0 Å². The average Bonchev–Trinajstić information content (AvgIpc) is 3.12. The molecule has 0 bridgehead atoms. The van der Waals surface area contributed by atoms with Crippen molar-refractivity contribution >= 4 is 22.9 Å². The van der Waals surface area contributed by atoms with E-state index in [9.17, 15) is 4.79 Å². The van der Waals surface area contributed by atoms with Gasteiger partial charge < -0.3 is 11.1 Å². The summed E-state index contributed by atoms with van der Waals surface area (Å²) in [6, 6.07) is 2.51. The van der Waals surface area contributed by atoms with Gasteiger partial charge in [0.05, 0.1) is 4.88 Å². The number of aryl methyl sites for hydroxylation is 1. The van der Waals surface area contributed by atoms with Gasteiger partial charge in [-0.15, -0.1) is 11.3 Å². The molecule has 1 saturated carbocycles. The monoisotopic (exact) mass is 267 g/mol. The van der Waals surface area contributed by atoms with E-state index in [-0.39, 0.29) is 5.91 Å². The fourth-order valence-electron chi connectivity index (χ4n) is 2.05. The average molecular weight is 267 g/mol. The zero-order valence-electron chi connectivity index (χ0n) is 11.0. The van der Waals surface area contributed by atoms with Crippen LogP contribution in [0.15, 0.2) is 6.07 Å². The van der Waals surface area contributed by atoms with E-state index in [2.05, 4.69) is 17.1 Å². The second-order valence-electron chi connectivity index (χ2n) is 4.74. The molecule has 0 aromatic carbocycles. The summed E-state index contributed by atoms with van der Waals surface area (Å²) in [5, 5.41) is 2.96. The zero-order valence-corrected chi connectivity index (χ0v) is 11.8. The maximum Gasteiger partial charge on any atom is 0.261 e. The number of hydrogen-bond acceptors (Lipinski definition) is 4. The van der Waals surface area contributed by atoms with Gasteiger partial charge in [-0.25, -0.2) is 0 Å². The van der Waals surface area contributed by atoms with Crippen molar-refractivity contribution in [1.29, 1.82) is 0 Å². The van der Waals surface area contributed by atoms with Crippen LogP contribution in [-0.4, -0.2) is 36.5 Å². The molecule has 18 heavy (non-hydrogen) atoms. The Labute approximate surface area is 112 Å². The van der Waals surface area contributed by atoms with Gasteiger partial charge in [0.2, 0.25) is 0 Å². The number of amides is 1. The van der Waals surface area contributed by atoms with E-state index in [1.807, 2.05) is 6.92 Å². The number of rotatable bonds is 6. The van der Waals surface area contributed by atoms with Crippen molar-refractivity contribution in [3.8, 4) is 0 Å². The molecule has 2 rings (SSSR count). The van der Waals surface area contributed by atoms with E-state index < -0.39 is 0 Å². The standard InChI is InChI=1S/C13H21N3OS/c1-3-16(10-4-5-10)7-6-15-13(17)12-8-11(14)9(2)18-12/h8,10H,3-7,14H2,1-2H3,(H,15,17). The third kappa shape index (κ3) is 3.23. The fraction of sp³-hybridized carbons (Fsp3) is 0.615. The summed E-state index contributed by atoms with van der Waals surface area (Å²) in [7, 11) is 0. The Morgan fingerprint density at radius 3 is 2.83 bits per heavy atom. The number of likely N-dealkylation sites (N-methyl/N-ethyl adjacent to an activating group) is 1. The molecule has 1 amide bonds. The first-order valence-corrected chi connectivity index (χ1v) is 7.31. The van der Waals surface area contributed by atoms with Gasteiger partial charge in [0, 0.05) is 29.7 Å². The normalized spacial score (nSPS) is 15.1. The highest BCUT2D eigenvalue weighted by Gasteiger charge is 2.27. The molecule has 4 nitrogen and oxygen atoms in total. The van der Waals surface area contributed by atoms with E-state index in [1.54, 1.807) is 6.07 Å². The van der Waals surface area contributed by atoms with Crippen molar-refractivity contribution in [3.63, 3.8) is 0 Å². The first-order chi connectivity index (χ1) is 8.61. The van der Waals surface area contributed by atoms with Crippen LogP contribution < -0.4 is 11.1 Å². The van der Waals surface area contributed by atoms with Gasteiger partial charge in [-0.3, -0.25) is 9.69 Å². The Hall–Kier alpha value is -1.07. The molecule has 1 aliphatic rings. The van der Waals surface area contributed by atoms with E-state index >= 15 is 0 Å². The number of hydrogen-bond donors (Lipinski definition) is 2. The van der Waals surface area contributed by atoms with E-state index in [4.69, 9.17) is 5.73 Å². The van der Waals surface area contributed by atoms with Crippen molar-refractivity contribution < 1.29 is 4.79 Å². The first kappa shape index (κ1) is 13.4. The Morgan fingerprint density at radius 2 is 2.33 bits per heavy atom. The third-order valence-corrected chi connectivity index (χ3v) is 4.40. The molecule has 0 radical (unpaired) electrons. The molecule has 1 aromatic heterocycles. The van der Waals surface area contributed by atoms with Gasteiger partial charge in [-0.05, 0) is 32.4 Å². The molecule has 0 saturated heterocycles. The summed E-state index contributed by atoms with van der Waals surface area (Å²) in [6.45, 7) is 6.81. The van der Waals surface area contributed by atoms with E-state index in [0.717, 1.165) is 24.0 Å². The molecule has 5 heteroatoms. The second-order valence-corrected chi connectivity index (χ2v) is 5.99. The van der Waals surface area contributed by atoms with Gasteiger partial charge in [0.15, 0.2) is 0 Å². The van der Waals surface area contributed by atoms with Crippen LogP contribution in [0.5, 0.6) is 0 Å². The highest BCUT2D eigenvalue weighted by atomic mass is 32.1. The lowest BCUT2D eigenvalue weighted by molar-refractivity contribution is 0.0952. The van der Waals surface area contributed by atoms with Crippen LogP contribution in [-0.2, 0) is 0 Å². The van der Waals surface area contributed by atoms with Crippen LogP contribution in [0.2, 0.25) is 0 Å². The van der Waals surface area contributed by atoms with Gasteiger partial charge >= 0.3 is 0 Å². The summed E-state index contributed by atoms with van der Waals surface area (Å²) < 4.78 is 0. The smallest absolute Gasteiger partial charge is 0.261 e. The molecule has 100 valence electrons. The van der Waals surface area contributed by atoms with Crippen LogP contribution in [0.4, 0.5) is 5.69 Å². The Balaban J connectivity index is 1.77. The highest BCUT2D eigenvalue weighted by Crippen LogP contribution is 2.26. The number of nitrogens with zero attached hydrogens (tertiary/aromatic N) is 1. The van der Waals surface area contributed by atoms with Crippen molar-refractivity contribution in [1.82, 2.24) is 10.2 Å². The minimum atomic E-state index is -0.00773. The number of nitrogens with one attached hydrogen (secondary N) is 1. The van der Waals surface area contributed by atoms with Crippen LogP contribution in [0.25, 0.3) is 0 Å². The minimum absolute atomic E-state index is 0.00773. The molecule has 1 fully saturated rings. The molecule has 1 aliphatic carbocycles. The quantitative estimate of drug-likeness (QED) is 0.827. The van der Waals surface area contributed by atoms with Crippen LogP contribution in [0.1, 0.15) is 34.3 Å². The molecule has 0 aliphatic heterocycles. The third-order valence-electron chi connectivity index (χ3n) is 3.33. The van der Waals surface area contributed by atoms with Gasteiger partial charge in [-0.1, -0.05) is 6.92 Å². The van der Waals surface area contributed by atoms with E-state index in [1.165, 1.54) is 24.2 Å². The number of nitrogens with two attached hydrogens (primary N) is 1.